The second-order valence-corrected chi connectivity index (χ2v) is 7.16. The molecule has 0 saturated heterocycles. The lowest BCUT2D eigenvalue weighted by Gasteiger charge is -2.26. The van der Waals surface area contributed by atoms with Crippen LogP contribution in [-0.2, 0) is 6.54 Å². The van der Waals surface area contributed by atoms with Gasteiger partial charge in [0.25, 0.3) is 0 Å². The number of aromatic nitrogens is 6. The molecule has 7 nitrogen and oxygen atoms in total. The summed E-state index contributed by atoms with van der Waals surface area (Å²) in [6, 6.07) is 8.57. The van der Waals surface area contributed by atoms with Crippen LogP contribution in [0, 0.1) is 12.7 Å². The highest BCUT2D eigenvalue weighted by Crippen LogP contribution is 2.35. The van der Waals surface area contributed by atoms with E-state index in [1.165, 1.54) is 6.07 Å². The molecule has 146 valence electrons. The van der Waals surface area contributed by atoms with Gasteiger partial charge in [-0.25, -0.2) is 9.37 Å². The van der Waals surface area contributed by atoms with E-state index in [4.69, 9.17) is 4.74 Å². The fourth-order valence-electron chi connectivity index (χ4n) is 3.75. The van der Waals surface area contributed by atoms with Crippen molar-refractivity contribution in [3.8, 4) is 28.4 Å². The van der Waals surface area contributed by atoms with Crippen molar-refractivity contribution in [3.63, 3.8) is 0 Å². The summed E-state index contributed by atoms with van der Waals surface area (Å²) < 4.78 is 21.4. The minimum Gasteiger partial charge on any atom is -0.493 e. The molecule has 0 radical (unpaired) electrons. The molecular formula is C21H19FN6O. The van der Waals surface area contributed by atoms with Gasteiger partial charge in [0.1, 0.15) is 23.0 Å². The van der Waals surface area contributed by atoms with Gasteiger partial charge in [0.05, 0.1) is 24.3 Å². The zero-order valence-corrected chi connectivity index (χ0v) is 15.8. The van der Waals surface area contributed by atoms with Crippen LogP contribution in [0.3, 0.4) is 0 Å². The molecule has 5 rings (SSSR count). The molecule has 1 atom stereocenters. The fourth-order valence-corrected chi connectivity index (χ4v) is 3.75. The van der Waals surface area contributed by atoms with Gasteiger partial charge >= 0.3 is 0 Å². The van der Waals surface area contributed by atoms with Crippen LogP contribution in [-0.4, -0.2) is 36.6 Å². The first-order valence-corrected chi connectivity index (χ1v) is 9.45. The van der Waals surface area contributed by atoms with E-state index in [0.29, 0.717) is 13.2 Å². The Balaban J connectivity index is 1.40. The van der Waals surface area contributed by atoms with Crippen molar-refractivity contribution in [1.82, 2.24) is 29.9 Å². The molecule has 1 aliphatic heterocycles. The number of nitrogens with zero attached hydrogens (tertiary/aromatic N) is 5. The molecular weight excluding hydrogens is 371 g/mol. The van der Waals surface area contributed by atoms with Gasteiger partial charge in [0.2, 0.25) is 0 Å². The molecule has 29 heavy (non-hydrogen) atoms. The second kappa shape index (κ2) is 7.12. The lowest BCUT2D eigenvalue weighted by molar-refractivity contribution is 0.258. The number of hydrogen-bond acceptors (Lipinski definition) is 5. The third kappa shape index (κ3) is 3.37. The third-order valence-corrected chi connectivity index (χ3v) is 5.22. The van der Waals surface area contributed by atoms with Crippen LogP contribution in [0.2, 0.25) is 0 Å². The van der Waals surface area contributed by atoms with Crippen molar-refractivity contribution >= 4 is 0 Å². The summed E-state index contributed by atoms with van der Waals surface area (Å²) in [6.45, 7) is 3.24. The molecule has 0 saturated carbocycles. The quantitative estimate of drug-likeness (QED) is 0.574. The Morgan fingerprint density at radius 2 is 2.10 bits per heavy atom. The standard InChI is InChI=1S/C21H19FN6O/c1-13-21(26-27-25-13)14-4-6-23-18(8-14)19-11-28(12-24-19)10-15-5-7-29-20-3-2-16(22)9-17(15)20/h2-4,6,8-9,11-12,15H,5,7,10H2,1H3,(H,25,26,27)/t15-/m1/s1. The number of pyridine rings is 1. The van der Waals surface area contributed by atoms with Crippen LogP contribution >= 0.6 is 0 Å². The first-order valence-electron chi connectivity index (χ1n) is 9.45. The van der Waals surface area contributed by atoms with E-state index in [-0.39, 0.29) is 11.7 Å². The number of ether oxygens (including phenoxy) is 1. The van der Waals surface area contributed by atoms with Gasteiger partial charge in [-0.2, -0.15) is 15.4 Å². The molecule has 1 N–H and O–H groups in total. The molecule has 4 aromatic rings. The smallest absolute Gasteiger partial charge is 0.123 e. The number of hydrogen-bond donors (Lipinski definition) is 1. The van der Waals surface area contributed by atoms with Crippen LogP contribution in [0.5, 0.6) is 5.75 Å². The van der Waals surface area contributed by atoms with Gasteiger partial charge in [-0.3, -0.25) is 4.98 Å². The van der Waals surface area contributed by atoms with Crippen molar-refractivity contribution in [2.45, 2.75) is 25.8 Å². The van der Waals surface area contributed by atoms with Crippen LogP contribution in [0.1, 0.15) is 23.6 Å². The Labute approximate surface area is 166 Å². The normalized spacial score (nSPS) is 15.7. The summed E-state index contributed by atoms with van der Waals surface area (Å²) >= 11 is 0. The molecule has 0 aliphatic carbocycles. The van der Waals surface area contributed by atoms with E-state index in [0.717, 1.165) is 46.1 Å². The molecule has 0 bridgehead atoms. The number of rotatable bonds is 4. The minimum atomic E-state index is -0.241. The van der Waals surface area contributed by atoms with Crippen LogP contribution in [0.15, 0.2) is 49.1 Å². The lowest BCUT2D eigenvalue weighted by atomic mass is 9.93. The first-order chi connectivity index (χ1) is 14.2. The van der Waals surface area contributed by atoms with E-state index in [1.807, 2.05) is 29.8 Å². The summed E-state index contributed by atoms with van der Waals surface area (Å²) in [5.41, 5.74) is 5.02. The van der Waals surface area contributed by atoms with Gasteiger partial charge < -0.3 is 9.30 Å². The van der Waals surface area contributed by atoms with Crippen molar-refractivity contribution in [2.24, 2.45) is 0 Å². The highest BCUT2D eigenvalue weighted by Gasteiger charge is 2.23. The largest absolute Gasteiger partial charge is 0.493 e. The van der Waals surface area contributed by atoms with Crippen LogP contribution in [0.4, 0.5) is 4.39 Å². The fraction of sp³-hybridized carbons (Fsp3) is 0.238. The average molecular weight is 390 g/mol. The van der Waals surface area contributed by atoms with Gasteiger partial charge in [0.15, 0.2) is 0 Å². The summed E-state index contributed by atoms with van der Waals surface area (Å²) in [4.78, 5) is 8.97. The minimum absolute atomic E-state index is 0.175. The predicted octanol–water partition coefficient (Wildman–Crippen LogP) is 3.74. The maximum atomic E-state index is 13.7. The van der Waals surface area contributed by atoms with Crippen molar-refractivity contribution < 1.29 is 9.13 Å². The highest BCUT2D eigenvalue weighted by molar-refractivity contribution is 5.67. The van der Waals surface area contributed by atoms with Crippen LogP contribution in [0.25, 0.3) is 22.6 Å². The molecule has 1 aromatic carbocycles. The Morgan fingerprint density at radius 1 is 1.17 bits per heavy atom. The molecule has 0 spiro atoms. The van der Waals surface area contributed by atoms with E-state index in [9.17, 15) is 4.39 Å². The second-order valence-electron chi connectivity index (χ2n) is 7.16. The molecule has 3 aromatic heterocycles. The Morgan fingerprint density at radius 3 is 2.97 bits per heavy atom. The molecule has 8 heteroatoms. The summed E-state index contributed by atoms with van der Waals surface area (Å²) in [7, 11) is 0. The van der Waals surface area contributed by atoms with Crippen molar-refractivity contribution in [2.75, 3.05) is 6.61 Å². The number of fused-ring (bicyclic) bond motifs is 1. The number of aromatic amines is 1. The maximum Gasteiger partial charge on any atom is 0.123 e. The number of benzene rings is 1. The Bertz CT molecular complexity index is 1170. The maximum absolute atomic E-state index is 13.7. The molecule has 0 fully saturated rings. The van der Waals surface area contributed by atoms with Gasteiger partial charge in [-0.05, 0) is 43.7 Å². The Hall–Kier alpha value is -3.55. The highest BCUT2D eigenvalue weighted by atomic mass is 19.1. The Kier molecular flexibility index (Phi) is 4.31. The van der Waals surface area contributed by atoms with E-state index in [1.54, 1.807) is 24.7 Å². The zero-order valence-electron chi connectivity index (χ0n) is 15.8. The SMILES string of the molecule is Cc1n[nH]nc1-c1ccnc(-c2cn(C[C@H]3CCOc4ccc(F)cc43)cn2)c1. The monoisotopic (exact) mass is 390 g/mol. The molecule has 1 aliphatic rings. The number of nitrogens with one attached hydrogen (secondary N) is 1. The summed E-state index contributed by atoms with van der Waals surface area (Å²) in [6.07, 6.45) is 6.34. The van der Waals surface area contributed by atoms with Crippen molar-refractivity contribution in [3.05, 3.63) is 66.1 Å². The van der Waals surface area contributed by atoms with Gasteiger partial charge in [-0.15, -0.1) is 0 Å². The summed E-state index contributed by atoms with van der Waals surface area (Å²) in [5, 5.41) is 10.9. The number of aryl methyl sites for hydroxylation is 1. The first kappa shape index (κ1) is 17.5. The lowest BCUT2D eigenvalue weighted by Crippen LogP contribution is -2.18. The van der Waals surface area contributed by atoms with E-state index >= 15 is 0 Å². The van der Waals surface area contributed by atoms with Gasteiger partial charge in [0, 0.05) is 36.0 Å². The van der Waals surface area contributed by atoms with Crippen molar-refractivity contribution in [1.29, 1.82) is 0 Å². The molecule has 0 unspecified atom stereocenters. The molecule has 4 heterocycles. The zero-order chi connectivity index (χ0) is 19.8. The van der Waals surface area contributed by atoms with Gasteiger partial charge in [-0.1, -0.05) is 0 Å². The number of halogens is 1. The van der Waals surface area contributed by atoms with Crippen LogP contribution < -0.4 is 4.74 Å². The van der Waals surface area contributed by atoms with E-state index in [2.05, 4.69) is 25.4 Å². The average Bonchev–Trinajstić information content (AvgIpc) is 3.38. The topological polar surface area (TPSA) is 81.5 Å². The summed E-state index contributed by atoms with van der Waals surface area (Å²) in [5.74, 6) is 0.698. The third-order valence-electron chi connectivity index (χ3n) is 5.22. The number of H-pyrrole nitrogens is 1. The molecule has 0 amide bonds. The number of imidazole rings is 1. The predicted molar refractivity (Wildman–Crippen MR) is 105 cm³/mol. The van der Waals surface area contributed by atoms with E-state index < -0.39 is 0 Å².